The van der Waals surface area contributed by atoms with E-state index < -0.39 is 66.1 Å². The van der Waals surface area contributed by atoms with Crippen LogP contribution in [0, 0.1) is 0 Å². The van der Waals surface area contributed by atoms with E-state index in [4.69, 9.17) is 19.2 Å². The fourth-order valence-corrected chi connectivity index (χ4v) is 0. The molecule has 6 nitrogen and oxygen atoms in total. The molecule has 0 spiro atoms. The first kappa shape index (κ1) is 74.8. The van der Waals surface area contributed by atoms with E-state index in [9.17, 15) is 0 Å². The summed E-state index contributed by atoms with van der Waals surface area (Å²) in [5.74, 6) is 0. The number of hydrogen-bond acceptors (Lipinski definition) is 6. The van der Waals surface area contributed by atoms with E-state index in [1.54, 1.807) is 0 Å². The van der Waals surface area contributed by atoms with Crippen molar-refractivity contribution in [3.63, 3.8) is 0 Å². The van der Waals surface area contributed by atoms with Crippen molar-refractivity contribution in [3.05, 3.63) is 0 Å². The van der Waals surface area contributed by atoms with Gasteiger partial charge in [-0.3, -0.25) is 14.1 Å². The topological polar surface area (TPSA) is 120 Å². The summed E-state index contributed by atoms with van der Waals surface area (Å²) in [4.78, 5) is 0. The quantitative estimate of drug-likeness (QED) is 0.232. The fourth-order valence-electron chi connectivity index (χ4n) is 0. The standard InChI is InChI=1S/Bi.3ClH.3FH.6O.3Sb/h;6*1H;;;;;;;;;/q+3;;;;;;;;;;3*-1;;;. The second-order valence-corrected chi connectivity index (χ2v) is 1.50. The van der Waals surface area contributed by atoms with Crippen LogP contribution >= 0.6 is 37.2 Å². The summed E-state index contributed by atoms with van der Waals surface area (Å²) in [7, 11) is 0. The van der Waals surface area contributed by atoms with E-state index in [-0.39, 0.29) is 77.5 Å². The van der Waals surface area contributed by atoms with Gasteiger partial charge in [-0.25, -0.2) is 0 Å². The zero-order valence-corrected chi connectivity index (χ0v) is 20.3. The third kappa shape index (κ3) is 426. The number of halogens is 6. The molecule has 0 saturated heterocycles. The van der Waals surface area contributed by atoms with Gasteiger partial charge in [-0.1, -0.05) is 0 Å². The van der Waals surface area contributed by atoms with Gasteiger partial charge in [-0.2, -0.15) is 0 Å². The van der Waals surface area contributed by atoms with Gasteiger partial charge in [-0.15, -0.1) is 37.2 Å². The van der Waals surface area contributed by atoms with Crippen LogP contribution in [0.5, 0.6) is 0 Å². The van der Waals surface area contributed by atoms with E-state index in [0.717, 1.165) is 0 Å². The van der Waals surface area contributed by atoms with Crippen molar-refractivity contribution in [2.75, 3.05) is 0 Å². The van der Waals surface area contributed by atoms with Crippen molar-refractivity contribution in [1.29, 1.82) is 0 Å². The molecular formula is H6BiCl3F3O6Sb3. The van der Waals surface area contributed by atoms with Crippen LogP contribution in [0.25, 0.3) is 0 Å². The molecule has 0 rings (SSSR count). The first-order valence-corrected chi connectivity index (χ1v) is 7.35. The van der Waals surface area contributed by atoms with Crippen LogP contribution in [0.3, 0.4) is 0 Å². The van der Waals surface area contributed by atoms with Crippen molar-refractivity contribution in [1.82, 2.24) is 0 Å². The minimum atomic E-state index is -2.15. The van der Waals surface area contributed by atoms with E-state index in [1.807, 2.05) is 0 Å². The average Bonchev–Trinajstić information content (AvgIpc) is 1.70. The Morgan fingerprint density at radius 1 is 0.562 bits per heavy atom. The predicted octanol–water partition coefficient (Wildman–Crippen LogP) is -3.72. The molecule has 16 heteroatoms. The van der Waals surface area contributed by atoms with E-state index in [0.29, 0.717) is 0 Å². The van der Waals surface area contributed by atoms with Crippen LogP contribution in [-0.2, 0) is 9.05 Å². The second kappa shape index (κ2) is 138. The predicted molar refractivity (Wildman–Crippen MR) is 54.3 cm³/mol. The molecule has 0 aromatic carbocycles. The van der Waals surface area contributed by atoms with Crippen LogP contribution in [0.2, 0.25) is 0 Å². The Labute approximate surface area is 160 Å². The SMILES string of the molecule is Cl.Cl.Cl.F.F.F.[Bi+3].[O]=[Sb][O-].[O]=[Sb][O-].[O]=[Sb][O-]. The minimum absolute atomic E-state index is 0. The summed E-state index contributed by atoms with van der Waals surface area (Å²) in [6.45, 7) is 0. The zero-order valence-electron chi connectivity index (χ0n) is 6.69. The van der Waals surface area contributed by atoms with Gasteiger partial charge in [0.2, 0.25) is 0 Å². The second-order valence-electron chi connectivity index (χ2n) is 0.224. The molecule has 0 unspecified atom stereocenters. The third-order valence-electron chi connectivity index (χ3n) is 0. The Morgan fingerprint density at radius 2 is 0.562 bits per heavy atom. The van der Waals surface area contributed by atoms with Gasteiger partial charge >= 0.3 is 111 Å². The van der Waals surface area contributed by atoms with Gasteiger partial charge in [0.05, 0.1) is 0 Å². The summed E-state index contributed by atoms with van der Waals surface area (Å²) < 4.78 is 51.2. The Hall–Kier alpha value is 3.28. The maximum atomic E-state index is 8.52. The summed E-state index contributed by atoms with van der Waals surface area (Å²) in [5.41, 5.74) is 0. The summed E-state index contributed by atoms with van der Waals surface area (Å²) in [5, 5.41) is 0. The molecular weight excluding hydrogens is 834 g/mol. The van der Waals surface area contributed by atoms with Crippen molar-refractivity contribution >= 4 is 130 Å². The maximum absolute atomic E-state index is 8.52. The molecule has 0 bridgehead atoms. The molecule has 0 amide bonds. The van der Waals surface area contributed by atoms with Gasteiger partial charge in [0.1, 0.15) is 0 Å². The molecule has 2 radical (unpaired) electrons. The molecule has 104 valence electrons. The van der Waals surface area contributed by atoms with Crippen LogP contribution in [0.15, 0.2) is 0 Å². The molecule has 16 heavy (non-hydrogen) atoms. The first-order valence-electron chi connectivity index (χ1n) is 1.10. The Kier molecular flexibility index (Phi) is 647. The Balaban J connectivity index is -0.00000000346. The van der Waals surface area contributed by atoms with Crippen molar-refractivity contribution in [2.24, 2.45) is 0 Å². The van der Waals surface area contributed by atoms with Gasteiger partial charge in [0.15, 0.2) is 0 Å². The molecule has 0 atom stereocenters. The fraction of sp³-hybridized carbons (Fsp3) is 0. The van der Waals surface area contributed by atoms with Crippen molar-refractivity contribution in [2.45, 2.75) is 0 Å². The first-order chi connectivity index (χ1) is 4.24. The van der Waals surface area contributed by atoms with Crippen LogP contribution < -0.4 is 10.2 Å². The number of rotatable bonds is 0. The van der Waals surface area contributed by atoms with E-state index in [2.05, 4.69) is 0 Å². The van der Waals surface area contributed by atoms with Crippen LogP contribution in [-0.4, -0.2) is 92.3 Å². The summed E-state index contributed by atoms with van der Waals surface area (Å²) in [6.07, 6.45) is 0. The van der Waals surface area contributed by atoms with Crippen molar-refractivity contribution < 1.29 is 33.3 Å². The van der Waals surface area contributed by atoms with E-state index in [1.165, 1.54) is 0 Å². The Morgan fingerprint density at radius 3 is 0.562 bits per heavy atom. The normalized spacial score (nSPS) is 2.44. The number of hydrogen-bond donors (Lipinski definition) is 0. The molecule has 0 fully saturated rings. The molecule has 0 aromatic heterocycles. The van der Waals surface area contributed by atoms with Crippen molar-refractivity contribution in [3.8, 4) is 0 Å². The molecule has 0 aliphatic heterocycles. The van der Waals surface area contributed by atoms with Gasteiger partial charge < -0.3 is 0 Å². The summed E-state index contributed by atoms with van der Waals surface area (Å²) >= 11 is -6.45. The van der Waals surface area contributed by atoms with Gasteiger partial charge in [-0.05, 0) is 0 Å². The molecule has 0 aliphatic carbocycles. The van der Waals surface area contributed by atoms with Gasteiger partial charge in [0.25, 0.3) is 0 Å². The average molecular weight is 840 g/mol. The molecule has 0 aromatic rings. The molecule has 0 aliphatic rings. The Bertz CT molecular complexity index is 71.0. The zero-order chi connectivity index (χ0) is 8.12. The van der Waals surface area contributed by atoms with Crippen LogP contribution in [0.1, 0.15) is 0 Å². The van der Waals surface area contributed by atoms with Crippen LogP contribution in [0.4, 0.5) is 14.1 Å². The monoisotopic (exact) mass is 836 g/mol. The summed E-state index contributed by atoms with van der Waals surface area (Å²) in [6, 6.07) is 0. The van der Waals surface area contributed by atoms with Gasteiger partial charge in [0, 0.05) is 0 Å². The third-order valence-corrected chi connectivity index (χ3v) is 0. The molecule has 0 saturated carbocycles. The molecule has 0 N–H and O–H groups in total. The van der Waals surface area contributed by atoms with E-state index >= 15 is 0 Å². The molecule has 0 heterocycles.